The molecule has 5 aromatic rings. The Bertz CT molecular complexity index is 2060. The second-order valence-electron chi connectivity index (χ2n) is 10.9. The Balaban J connectivity index is 1.26. The molecule has 1 aliphatic rings. The summed E-state index contributed by atoms with van der Waals surface area (Å²) in [6, 6.07) is 11.8. The number of carboxylic acid groups (broad SMARTS) is 1. The van der Waals surface area contributed by atoms with Crippen molar-refractivity contribution in [2.45, 2.75) is 37.8 Å². The number of carbonyl (C=O) groups is 3. The van der Waals surface area contributed by atoms with Crippen LogP contribution in [0.1, 0.15) is 52.6 Å². The van der Waals surface area contributed by atoms with Crippen LogP contribution in [0, 0.1) is 5.82 Å². The summed E-state index contributed by atoms with van der Waals surface area (Å²) in [7, 11) is 0. The zero-order chi connectivity index (χ0) is 32.4. The predicted octanol–water partition coefficient (Wildman–Crippen LogP) is 2.25. The van der Waals surface area contributed by atoms with Gasteiger partial charge < -0.3 is 25.5 Å². The van der Waals surface area contributed by atoms with Crippen LogP contribution in [0.15, 0.2) is 76.7 Å². The van der Waals surface area contributed by atoms with Crippen molar-refractivity contribution in [2.24, 2.45) is 0 Å². The van der Waals surface area contributed by atoms with Gasteiger partial charge in [-0.3, -0.25) is 19.0 Å². The highest BCUT2D eigenvalue weighted by Crippen LogP contribution is 2.28. The highest BCUT2D eigenvalue weighted by atomic mass is 19.1. The van der Waals surface area contributed by atoms with Gasteiger partial charge >= 0.3 is 11.8 Å². The molecule has 1 aliphatic carbocycles. The smallest absolute Gasteiger partial charge is 0.404 e. The summed E-state index contributed by atoms with van der Waals surface area (Å²) in [4.78, 5) is 72.4. The summed E-state index contributed by atoms with van der Waals surface area (Å²) in [6.07, 6.45) is 4.90. The second kappa shape index (κ2) is 12.6. The molecule has 0 aliphatic heterocycles. The number of fused-ring (bicyclic) bond motifs is 2. The Morgan fingerprint density at radius 2 is 1.74 bits per heavy atom. The number of nitrogens with zero attached hydrogens (tertiary/aromatic N) is 5. The number of hydrogen-bond donors (Lipinski definition) is 4. The summed E-state index contributed by atoms with van der Waals surface area (Å²) in [5.41, 5.74) is -0.110. The van der Waals surface area contributed by atoms with Crippen molar-refractivity contribution in [1.29, 1.82) is 0 Å². The van der Waals surface area contributed by atoms with Gasteiger partial charge in [0.15, 0.2) is 5.65 Å². The number of rotatable bonds is 8. The SMILES string of the molecule is O=C(O)NCCNC(=O)c1cccc(-n2c(=O)n(C3CCC(NC(=O)c4cn5ccccc5n4)CC3)c(=O)c3cc(F)cnc32)c1. The van der Waals surface area contributed by atoms with Crippen LogP contribution in [-0.2, 0) is 0 Å². The Labute approximate surface area is 259 Å². The standard InChI is InChI=1S/C31H29FN8O6/c32-19-15-23-26(35-16-19)39(22-5-3-4-18(14-22)27(41)33-11-12-34-30(44)45)31(46)40(29(23)43)21-9-7-20(8-10-21)36-28(42)24-17-38-13-2-1-6-25(38)37-24/h1-6,13-17,20-21,34H,7-12H2,(H,33,41)(H,36,42)(H,44,45). The molecule has 0 atom stereocenters. The molecule has 14 nitrogen and oxygen atoms in total. The zero-order valence-electron chi connectivity index (χ0n) is 24.4. The van der Waals surface area contributed by atoms with Crippen LogP contribution in [0.2, 0.25) is 0 Å². The lowest BCUT2D eigenvalue weighted by atomic mass is 9.90. The van der Waals surface area contributed by atoms with Gasteiger partial charge in [-0.05, 0) is 62.1 Å². The minimum absolute atomic E-state index is 0.00222. The fourth-order valence-corrected chi connectivity index (χ4v) is 5.75. The minimum atomic E-state index is -1.22. The van der Waals surface area contributed by atoms with E-state index in [1.54, 1.807) is 35.0 Å². The average Bonchev–Trinajstić information content (AvgIpc) is 3.49. The van der Waals surface area contributed by atoms with Gasteiger partial charge in [0, 0.05) is 43.1 Å². The Kier molecular flexibility index (Phi) is 8.29. The van der Waals surface area contributed by atoms with E-state index in [1.807, 2.05) is 12.1 Å². The molecule has 236 valence electrons. The van der Waals surface area contributed by atoms with E-state index in [0.717, 1.165) is 16.8 Å². The number of imidazole rings is 1. The molecular formula is C31H29FN8O6. The van der Waals surface area contributed by atoms with Gasteiger partial charge in [0.25, 0.3) is 17.4 Å². The topological polar surface area (TPSA) is 182 Å². The Morgan fingerprint density at radius 3 is 2.50 bits per heavy atom. The molecule has 1 aromatic carbocycles. The van der Waals surface area contributed by atoms with Crippen LogP contribution in [0.5, 0.6) is 0 Å². The highest BCUT2D eigenvalue weighted by molar-refractivity contribution is 5.95. The maximum Gasteiger partial charge on any atom is 0.404 e. The van der Waals surface area contributed by atoms with Gasteiger partial charge in [-0.2, -0.15) is 0 Å². The second-order valence-corrected chi connectivity index (χ2v) is 10.9. The van der Waals surface area contributed by atoms with Crippen LogP contribution in [0.25, 0.3) is 22.4 Å². The van der Waals surface area contributed by atoms with E-state index >= 15 is 0 Å². The quantitative estimate of drug-likeness (QED) is 0.189. The molecule has 15 heteroatoms. The lowest BCUT2D eigenvalue weighted by Gasteiger charge is -2.30. The number of benzene rings is 1. The number of aromatic nitrogens is 5. The number of carbonyl (C=O) groups excluding carboxylic acids is 2. The van der Waals surface area contributed by atoms with Gasteiger partial charge in [-0.15, -0.1) is 0 Å². The van der Waals surface area contributed by atoms with Crippen LogP contribution < -0.4 is 27.2 Å². The van der Waals surface area contributed by atoms with Crippen LogP contribution >= 0.6 is 0 Å². The van der Waals surface area contributed by atoms with Crippen molar-refractivity contribution in [1.82, 2.24) is 39.5 Å². The first kappa shape index (κ1) is 30.2. The van der Waals surface area contributed by atoms with Crippen molar-refractivity contribution in [3.63, 3.8) is 0 Å². The molecule has 3 amide bonds. The third kappa shape index (κ3) is 6.06. The lowest BCUT2D eigenvalue weighted by molar-refractivity contribution is 0.0916. The summed E-state index contributed by atoms with van der Waals surface area (Å²) in [5, 5.41) is 16.3. The maximum absolute atomic E-state index is 14.3. The Morgan fingerprint density at radius 1 is 0.957 bits per heavy atom. The third-order valence-electron chi connectivity index (χ3n) is 7.94. The van der Waals surface area contributed by atoms with Gasteiger partial charge in [-0.1, -0.05) is 12.1 Å². The van der Waals surface area contributed by atoms with Gasteiger partial charge in [0.05, 0.1) is 17.3 Å². The highest BCUT2D eigenvalue weighted by Gasteiger charge is 2.28. The molecule has 46 heavy (non-hydrogen) atoms. The van der Waals surface area contributed by atoms with E-state index in [2.05, 4.69) is 25.9 Å². The fraction of sp³-hybridized carbons (Fsp3) is 0.258. The molecule has 1 fully saturated rings. The average molecular weight is 629 g/mol. The van der Waals surface area contributed by atoms with Gasteiger partial charge in [-0.25, -0.2) is 28.5 Å². The molecule has 0 saturated heterocycles. The molecule has 1 saturated carbocycles. The van der Waals surface area contributed by atoms with E-state index in [9.17, 15) is 28.4 Å². The molecule has 6 rings (SSSR count). The number of hydrogen-bond acceptors (Lipinski definition) is 7. The monoisotopic (exact) mass is 628 g/mol. The largest absolute Gasteiger partial charge is 0.465 e. The first-order valence-corrected chi connectivity index (χ1v) is 14.6. The van der Waals surface area contributed by atoms with E-state index < -0.39 is 35.1 Å². The molecule has 0 radical (unpaired) electrons. The number of nitrogens with one attached hydrogen (secondary N) is 3. The molecule has 4 heterocycles. The fourth-order valence-electron chi connectivity index (χ4n) is 5.75. The van der Waals surface area contributed by atoms with Crippen LogP contribution in [-0.4, -0.2) is 65.6 Å². The Hall–Kier alpha value is -5.86. The summed E-state index contributed by atoms with van der Waals surface area (Å²) in [6.45, 7) is 0.0316. The molecule has 0 bridgehead atoms. The molecular weight excluding hydrogens is 599 g/mol. The number of amides is 3. The number of pyridine rings is 2. The normalized spacial score (nSPS) is 16.3. The van der Waals surface area contributed by atoms with Crippen LogP contribution in [0.3, 0.4) is 0 Å². The molecule has 4 N–H and O–H groups in total. The first-order valence-electron chi connectivity index (χ1n) is 14.6. The predicted molar refractivity (Wildman–Crippen MR) is 164 cm³/mol. The van der Waals surface area contributed by atoms with E-state index in [1.165, 1.54) is 16.7 Å². The summed E-state index contributed by atoms with van der Waals surface area (Å²) < 4.78 is 18.4. The maximum atomic E-state index is 14.3. The van der Waals surface area contributed by atoms with Crippen molar-refractivity contribution in [3.05, 3.63) is 105 Å². The molecule has 0 spiro atoms. The van der Waals surface area contributed by atoms with Crippen molar-refractivity contribution >= 4 is 34.6 Å². The molecule has 4 aromatic heterocycles. The van der Waals surface area contributed by atoms with Crippen molar-refractivity contribution < 1.29 is 23.9 Å². The van der Waals surface area contributed by atoms with Crippen LogP contribution in [0.4, 0.5) is 9.18 Å². The van der Waals surface area contributed by atoms with Gasteiger partial charge in [0.2, 0.25) is 0 Å². The number of halogens is 1. The van der Waals surface area contributed by atoms with E-state index in [-0.39, 0.29) is 53.0 Å². The first-order chi connectivity index (χ1) is 22.2. The van der Waals surface area contributed by atoms with E-state index in [0.29, 0.717) is 31.3 Å². The zero-order valence-corrected chi connectivity index (χ0v) is 24.4. The lowest BCUT2D eigenvalue weighted by Crippen LogP contribution is -2.45. The summed E-state index contributed by atoms with van der Waals surface area (Å²) >= 11 is 0. The third-order valence-corrected chi connectivity index (χ3v) is 7.94. The molecule has 0 unspecified atom stereocenters. The van der Waals surface area contributed by atoms with E-state index in [4.69, 9.17) is 5.11 Å². The van der Waals surface area contributed by atoms with Gasteiger partial charge in [0.1, 0.15) is 17.2 Å². The van der Waals surface area contributed by atoms with Crippen molar-refractivity contribution in [2.75, 3.05) is 13.1 Å². The van der Waals surface area contributed by atoms with Crippen molar-refractivity contribution in [3.8, 4) is 5.69 Å². The summed E-state index contributed by atoms with van der Waals surface area (Å²) in [5.74, 6) is -1.58. The minimum Gasteiger partial charge on any atom is -0.465 e.